The quantitative estimate of drug-likeness (QED) is 0.343. The highest BCUT2D eigenvalue weighted by molar-refractivity contribution is 7.98. The van der Waals surface area contributed by atoms with Crippen LogP contribution in [0.1, 0.15) is 26.3 Å². The van der Waals surface area contributed by atoms with Crippen molar-refractivity contribution in [2.24, 2.45) is 0 Å². The first-order valence-corrected chi connectivity index (χ1v) is 11.0. The molecule has 0 aliphatic carbocycles. The predicted octanol–water partition coefficient (Wildman–Crippen LogP) is 4.02. The molecule has 0 bridgehead atoms. The number of carbonyl (C=O) groups excluding carboxylic acids is 2. The summed E-state index contributed by atoms with van der Waals surface area (Å²) in [5, 5.41) is 2.82. The number of anilines is 2. The van der Waals surface area contributed by atoms with Crippen molar-refractivity contribution in [3.8, 4) is 17.2 Å². The molecule has 0 spiro atoms. The molecule has 10 heteroatoms. The van der Waals surface area contributed by atoms with Crippen LogP contribution in [0.25, 0.3) is 0 Å². The number of methoxy groups -OCH3 is 4. The number of hydrogen-bond acceptors (Lipinski definition) is 9. The van der Waals surface area contributed by atoms with Crippen molar-refractivity contribution < 1.29 is 28.5 Å². The fourth-order valence-corrected chi connectivity index (χ4v) is 4.03. The third-order valence-corrected chi connectivity index (χ3v) is 5.94. The third-order valence-electron chi connectivity index (χ3n) is 4.81. The number of amides is 1. The van der Waals surface area contributed by atoms with E-state index in [9.17, 15) is 9.59 Å². The Labute approximate surface area is 201 Å². The lowest BCUT2D eigenvalue weighted by Crippen LogP contribution is -2.14. The van der Waals surface area contributed by atoms with E-state index in [1.165, 1.54) is 40.2 Å². The van der Waals surface area contributed by atoms with Crippen LogP contribution in [0.2, 0.25) is 0 Å². The van der Waals surface area contributed by atoms with Gasteiger partial charge in [0.15, 0.2) is 11.5 Å². The van der Waals surface area contributed by atoms with Gasteiger partial charge in [-0.3, -0.25) is 9.78 Å². The maximum atomic E-state index is 13.0. The van der Waals surface area contributed by atoms with Crippen LogP contribution < -0.4 is 25.3 Å². The number of rotatable bonds is 9. The zero-order valence-corrected chi connectivity index (χ0v) is 20.0. The molecule has 0 aliphatic rings. The van der Waals surface area contributed by atoms with Gasteiger partial charge in [-0.15, -0.1) is 11.8 Å². The number of hydrogen-bond donors (Lipinski definition) is 2. The maximum Gasteiger partial charge on any atom is 0.337 e. The minimum atomic E-state index is -0.518. The summed E-state index contributed by atoms with van der Waals surface area (Å²) in [4.78, 5) is 30.1. The van der Waals surface area contributed by atoms with Crippen LogP contribution in [-0.4, -0.2) is 45.3 Å². The lowest BCUT2D eigenvalue weighted by Gasteiger charge is -2.15. The fourth-order valence-electron chi connectivity index (χ4n) is 3.17. The standard InChI is InChI=1S/C24H25N3O6S/c1-30-19-10-15(11-20(31-2)22(19)32-3)23(28)27-17-8-14(7-16(9-17)24(29)33-4)13-34-21-12-26-6-5-18(21)25/h5-12H,13H2,1-4H3,(H2,25,26)(H,27,28). The molecule has 3 aromatic rings. The molecule has 34 heavy (non-hydrogen) atoms. The normalized spacial score (nSPS) is 10.4. The van der Waals surface area contributed by atoms with E-state index in [1.807, 2.05) is 0 Å². The number of aromatic nitrogens is 1. The number of benzene rings is 2. The van der Waals surface area contributed by atoms with Gasteiger partial charge in [0.05, 0.1) is 34.0 Å². The topological polar surface area (TPSA) is 122 Å². The summed E-state index contributed by atoms with van der Waals surface area (Å²) in [5.74, 6) is 0.631. The van der Waals surface area contributed by atoms with Crippen molar-refractivity contribution in [2.75, 3.05) is 39.5 Å². The monoisotopic (exact) mass is 483 g/mol. The van der Waals surface area contributed by atoms with Crippen molar-refractivity contribution in [3.63, 3.8) is 0 Å². The van der Waals surface area contributed by atoms with Crippen LogP contribution in [0.4, 0.5) is 11.4 Å². The first-order chi connectivity index (χ1) is 16.4. The number of nitrogens with zero attached hydrogens (tertiary/aromatic N) is 1. The van der Waals surface area contributed by atoms with Gasteiger partial charge in [-0.25, -0.2) is 4.79 Å². The van der Waals surface area contributed by atoms with Crippen LogP contribution >= 0.6 is 11.8 Å². The number of esters is 1. The van der Waals surface area contributed by atoms with Crippen molar-refractivity contribution in [1.29, 1.82) is 0 Å². The second kappa shape index (κ2) is 11.3. The van der Waals surface area contributed by atoms with Gasteiger partial charge in [0, 0.05) is 40.0 Å². The van der Waals surface area contributed by atoms with E-state index < -0.39 is 11.9 Å². The Bertz CT molecular complexity index is 1180. The summed E-state index contributed by atoms with van der Waals surface area (Å²) in [6.45, 7) is 0. The molecule has 0 atom stereocenters. The van der Waals surface area contributed by atoms with E-state index in [-0.39, 0.29) is 5.56 Å². The molecule has 9 nitrogen and oxygen atoms in total. The van der Waals surface area contributed by atoms with Crippen LogP contribution in [0.3, 0.4) is 0 Å². The highest BCUT2D eigenvalue weighted by Crippen LogP contribution is 2.38. The summed E-state index contributed by atoms with van der Waals surface area (Å²) >= 11 is 1.47. The van der Waals surface area contributed by atoms with Crippen molar-refractivity contribution in [1.82, 2.24) is 4.98 Å². The Kier molecular flexibility index (Phi) is 8.20. The number of nitrogens with one attached hydrogen (secondary N) is 1. The summed E-state index contributed by atoms with van der Waals surface area (Å²) in [6.07, 6.45) is 3.30. The Morgan fingerprint density at radius 2 is 1.68 bits per heavy atom. The molecular weight excluding hydrogens is 458 g/mol. The van der Waals surface area contributed by atoms with Gasteiger partial charge in [0.1, 0.15) is 0 Å². The Morgan fingerprint density at radius 1 is 0.971 bits per heavy atom. The predicted molar refractivity (Wildman–Crippen MR) is 130 cm³/mol. The number of pyridine rings is 1. The van der Waals surface area contributed by atoms with E-state index in [0.717, 1.165) is 10.5 Å². The molecule has 0 fully saturated rings. The fraction of sp³-hybridized carbons (Fsp3) is 0.208. The zero-order chi connectivity index (χ0) is 24.7. The molecule has 0 saturated heterocycles. The van der Waals surface area contributed by atoms with Crippen LogP contribution in [0, 0.1) is 0 Å². The van der Waals surface area contributed by atoms with Crippen molar-refractivity contribution in [3.05, 3.63) is 65.5 Å². The molecule has 1 heterocycles. The number of nitrogens with two attached hydrogens (primary N) is 1. The molecule has 178 valence electrons. The van der Waals surface area contributed by atoms with Gasteiger partial charge in [0.25, 0.3) is 5.91 Å². The van der Waals surface area contributed by atoms with Gasteiger partial charge >= 0.3 is 5.97 Å². The second-order valence-electron chi connectivity index (χ2n) is 6.98. The highest BCUT2D eigenvalue weighted by atomic mass is 32.2. The largest absolute Gasteiger partial charge is 0.493 e. The number of carbonyl (C=O) groups is 2. The zero-order valence-electron chi connectivity index (χ0n) is 19.2. The summed E-state index contributed by atoms with van der Waals surface area (Å²) in [7, 11) is 5.72. The van der Waals surface area contributed by atoms with Crippen molar-refractivity contribution in [2.45, 2.75) is 10.6 Å². The van der Waals surface area contributed by atoms with E-state index in [4.69, 9.17) is 24.7 Å². The molecule has 3 N–H and O–H groups in total. The minimum Gasteiger partial charge on any atom is -0.493 e. The average molecular weight is 484 g/mol. The first kappa shape index (κ1) is 24.7. The molecule has 0 radical (unpaired) electrons. The molecule has 1 amide bonds. The van der Waals surface area contributed by atoms with E-state index in [1.54, 1.807) is 48.8 Å². The average Bonchev–Trinajstić information content (AvgIpc) is 2.86. The highest BCUT2D eigenvalue weighted by Gasteiger charge is 2.18. The molecule has 0 aliphatic heterocycles. The van der Waals surface area contributed by atoms with Gasteiger partial charge in [-0.2, -0.15) is 0 Å². The van der Waals surface area contributed by atoms with E-state index in [0.29, 0.717) is 39.9 Å². The molecular formula is C24H25N3O6S. The van der Waals surface area contributed by atoms with Gasteiger partial charge < -0.3 is 30.0 Å². The van der Waals surface area contributed by atoms with E-state index >= 15 is 0 Å². The summed E-state index contributed by atoms with van der Waals surface area (Å²) < 4.78 is 20.8. The second-order valence-corrected chi connectivity index (χ2v) is 8.00. The maximum absolute atomic E-state index is 13.0. The Hall–Kier alpha value is -3.92. The van der Waals surface area contributed by atoms with Gasteiger partial charge in [0.2, 0.25) is 5.75 Å². The summed E-state index contributed by atoms with van der Waals surface area (Å²) in [6, 6.07) is 9.85. The van der Waals surface area contributed by atoms with Crippen LogP contribution in [-0.2, 0) is 10.5 Å². The summed E-state index contributed by atoms with van der Waals surface area (Å²) in [5.41, 5.74) is 8.41. The lowest BCUT2D eigenvalue weighted by atomic mass is 10.1. The number of ether oxygens (including phenoxy) is 4. The van der Waals surface area contributed by atoms with Crippen LogP contribution in [0.5, 0.6) is 17.2 Å². The van der Waals surface area contributed by atoms with E-state index in [2.05, 4.69) is 10.3 Å². The molecule has 2 aromatic carbocycles. The minimum absolute atomic E-state index is 0.289. The Balaban J connectivity index is 1.89. The van der Waals surface area contributed by atoms with Gasteiger partial charge in [-0.05, 0) is 42.0 Å². The van der Waals surface area contributed by atoms with Gasteiger partial charge in [-0.1, -0.05) is 0 Å². The third kappa shape index (κ3) is 5.70. The smallest absolute Gasteiger partial charge is 0.337 e. The number of nitrogen functional groups attached to an aromatic ring is 1. The van der Waals surface area contributed by atoms with Crippen LogP contribution in [0.15, 0.2) is 53.7 Å². The molecule has 1 aromatic heterocycles. The van der Waals surface area contributed by atoms with Crippen molar-refractivity contribution >= 4 is 35.0 Å². The Morgan fingerprint density at radius 3 is 2.26 bits per heavy atom. The first-order valence-electron chi connectivity index (χ1n) is 10.1. The molecule has 0 unspecified atom stereocenters. The SMILES string of the molecule is COC(=O)c1cc(CSc2cnccc2N)cc(NC(=O)c2cc(OC)c(OC)c(OC)c2)c1. The molecule has 3 rings (SSSR count). The number of thioether (sulfide) groups is 1. The lowest BCUT2D eigenvalue weighted by molar-refractivity contribution is 0.0600. The molecule has 0 saturated carbocycles.